The molecule has 2 amide bonds. The third-order valence-electron chi connectivity index (χ3n) is 4.36. The van der Waals surface area contributed by atoms with Crippen molar-refractivity contribution < 1.29 is 23.5 Å². The summed E-state index contributed by atoms with van der Waals surface area (Å²) < 4.78 is 23.7. The molecule has 1 N–H and O–H groups in total. The van der Waals surface area contributed by atoms with Gasteiger partial charge in [0.2, 0.25) is 11.8 Å². The van der Waals surface area contributed by atoms with E-state index in [4.69, 9.17) is 21.1 Å². The highest BCUT2D eigenvalue weighted by Gasteiger charge is 2.36. The number of carbonyl (C=O) groups excluding carboxylic acids is 2. The summed E-state index contributed by atoms with van der Waals surface area (Å²) in [6.45, 7) is 0.211. The van der Waals surface area contributed by atoms with Gasteiger partial charge in [0.15, 0.2) is 0 Å². The van der Waals surface area contributed by atoms with Gasteiger partial charge in [0.1, 0.15) is 17.3 Å². The Hall–Kier alpha value is -2.80. The van der Waals surface area contributed by atoms with Crippen molar-refractivity contribution >= 4 is 34.8 Å². The van der Waals surface area contributed by atoms with Crippen LogP contribution < -0.4 is 19.7 Å². The Morgan fingerprint density at radius 1 is 1.22 bits per heavy atom. The van der Waals surface area contributed by atoms with Crippen molar-refractivity contribution in [2.24, 2.45) is 5.92 Å². The highest BCUT2D eigenvalue weighted by Crippen LogP contribution is 2.36. The second kappa shape index (κ2) is 7.84. The molecule has 0 aromatic heterocycles. The summed E-state index contributed by atoms with van der Waals surface area (Å²) in [6.07, 6.45) is 0.0654. The van der Waals surface area contributed by atoms with E-state index in [2.05, 4.69) is 5.32 Å². The van der Waals surface area contributed by atoms with Crippen molar-refractivity contribution in [2.45, 2.75) is 6.42 Å². The normalized spacial score (nSPS) is 16.4. The van der Waals surface area contributed by atoms with Crippen LogP contribution in [-0.4, -0.2) is 32.6 Å². The number of benzene rings is 2. The molecule has 0 bridgehead atoms. The van der Waals surface area contributed by atoms with Gasteiger partial charge in [0.25, 0.3) is 0 Å². The monoisotopic (exact) mass is 392 g/mol. The number of nitrogens with zero attached hydrogens (tertiary/aromatic N) is 1. The summed E-state index contributed by atoms with van der Waals surface area (Å²) in [7, 11) is 3.04. The highest BCUT2D eigenvalue weighted by molar-refractivity contribution is 6.31. The fraction of sp³-hybridized carbons (Fsp3) is 0.263. The Kier molecular flexibility index (Phi) is 5.51. The molecule has 1 fully saturated rings. The molecule has 6 nitrogen and oxygen atoms in total. The van der Waals surface area contributed by atoms with Crippen molar-refractivity contribution in [2.75, 3.05) is 31.0 Å². The number of carbonyl (C=O) groups is 2. The number of methoxy groups -OCH3 is 2. The maximum Gasteiger partial charge on any atom is 0.229 e. The van der Waals surface area contributed by atoms with Crippen LogP contribution in [0.3, 0.4) is 0 Å². The van der Waals surface area contributed by atoms with Crippen molar-refractivity contribution in [3.8, 4) is 11.5 Å². The molecule has 1 unspecified atom stereocenters. The molecule has 1 aliphatic rings. The van der Waals surface area contributed by atoms with Gasteiger partial charge in [-0.1, -0.05) is 11.6 Å². The minimum Gasteiger partial charge on any atom is -0.497 e. The Bertz CT molecular complexity index is 890. The van der Waals surface area contributed by atoms with E-state index in [0.29, 0.717) is 22.9 Å². The second-order valence-electron chi connectivity index (χ2n) is 6.06. The van der Waals surface area contributed by atoms with Crippen LogP contribution in [-0.2, 0) is 9.59 Å². The van der Waals surface area contributed by atoms with Gasteiger partial charge in [0.05, 0.1) is 30.8 Å². The van der Waals surface area contributed by atoms with Crippen LogP contribution >= 0.6 is 11.6 Å². The van der Waals surface area contributed by atoms with E-state index in [1.165, 1.54) is 37.3 Å². The molecule has 1 aliphatic heterocycles. The third-order valence-corrected chi connectivity index (χ3v) is 4.65. The van der Waals surface area contributed by atoms with E-state index in [-0.39, 0.29) is 29.8 Å². The van der Waals surface area contributed by atoms with Gasteiger partial charge in [-0.25, -0.2) is 4.39 Å². The molecule has 27 heavy (non-hydrogen) atoms. The number of hydrogen-bond acceptors (Lipinski definition) is 4. The van der Waals surface area contributed by atoms with Gasteiger partial charge in [-0.15, -0.1) is 0 Å². The smallest absolute Gasteiger partial charge is 0.229 e. The zero-order chi connectivity index (χ0) is 19.6. The van der Waals surface area contributed by atoms with Crippen LogP contribution in [0, 0.1) is 11.7 Å². The van der Waals surface area contributed by atoms with Crippen molar-refractivity contribution in [1.29, 1.82) is 0 Å². The number of anilines is 2. The first kappa shape index (κ1) is 19.0. The average molecular weight is 393 g/mol. The predicted octanol–water partition coefficient (Wildman–Crippen LogP) is 3.49. The average Bonchev–Trinajstić information content (AvgIpc) is 3.05. The summed E-state index contributed by atoms with van der Waals surface area (Å²) in [5, 5.41) is 2.59. The second-order valence-corrected chi connectivity index (χ2v) is 6.47. The summed E-state index contributed by atoms with van der Waals surface area (Å²) in [5.41, 5.74) is 0.947. The molecule has 142 valence electrons. The molecule has 1 heterocycles. The van der Waals surface area contributed by atoms with Crippen LogP contribution in [0.2, 0.25) is 5.02 Å². The van der Waals surface area contributed by atoms with E-state index in [9.17, 15) is 14.0 Å². The lowest BCUT2D eigenvalue weighted by Gasteiger charge is -2.20. The largest absolute Gasteiger partial charge is 0.497 e. The van der Waals surface area contributed by atoms with Crippen LogP contribution in [0.15, 0.2) is 36.4 Å². The van der Waals surface area contributed by atoms with Crippen LogP contribution in [0.5, 0.6) is 11.5 Å². The molecule has 3 rings (SSSR count). The minimum absolute atomic E-state index is 0.0654. The fourth-order valence-corrected chi connectivity index (χ4v) is 3.12. The molecule has 1 atom stereocenters. The maximum atomic E-state index is 13.2. The van der Waals surface area contributed by atoms with Crippen LogP contribution in [0.4, 0.5) is 15.8 Å². The number of rotatable bonds is 5. The molecule has 2 aromatic rings. The molecular formula is C19H18ClFN2O4. The number of hydrogen-bond donors (Lipinski definition) is 1. The molecule has 0 radical (unpaired) electrons. The van der Waals surface area contributed by atoms with Gasteiger partial charge in [0, 0.05) is 24.7 Å². The first-order valence-electron chi connectivity index (χ1n) is 8.21. The number of halogens is 2. The Balaban J connectivity index is 1.75. The molecule has 8 heteroatoms. The standard InChI is InChI=1S/C19H18ClFN2O4/c1-26-13-4-6-16(17(9-13)27-2)23-10-11(7-18(23)24)19(25)22-12-3-5-15(21)14(20)8-12/h3-6,8-9,11H,7,10H2,1-2H3,(H,22,25). The Morgan fingerprint density at radius 2 is 2.00 bits per heavy atom. The maximum absolute atomic E-state index is 13.2. The zero-order valence-electron chi connectivity index (χ0n) is 14.8. The molecule has 1 saturated heterocycles. The lowest BCUT2D eigenvalue weighted by atomic mass is 10.1. The van der Waals surface area contributed by atoms with Crippen molar-refractivity contribution in [1.82, 2.24) is 0 Å². The topological polar surface area (TPSA) is 67.9 Å². The first-order chi connectivity index (χ1) is 12.9. The van der Waals surface area contributed by atoms with E-state index in [0.717, 1.165) is 0 Å². The number of ether oxygens (including phenoxy) is 2. The first-order valence-corrected chi connectivity index (χ1v) is 8.59. The molecule has 0 saturated carbocycles. The molecule has 0 aliphatic carbocycles. The SMILES string of the molecule is COc1ccc(N2CC(C(=O)Nc3ccc(F)c(Cl)c3)CC2=O)c(OC)c1. The summed E-state index contributed by atoms with van der Waals surface area (Å²) in [4.78, 5) is 26.5. The quantitative estimate of drug-likeness (QED) is 0.845. The van der Waals surface area contributed by atoms with Gasteiger partial charge < -0.3 is 19.7 Å². The van der Waals surface area contributed by atoms with Gasteiger partial charge in [-0.2, -0.15) is 0 Å². The fourth-order valence-electron chi connectivity index (χ4n) is 2.94. The third kappa shape index (κ3) is 3.98. The molecular weight excluding hydrogens is 375 g/mol. The van der Waals surface area contributed by atoms with Gasteiger partial charge >= 0.3 is 0 Å². The number of nitrogens with one attached hydrogen (secondary N) is 1. The van der Waals surface area contributed by atoms with E-state index in [1.807, 2.05) is 0 Å². The van der Waals surface area contributed by atoms with E-state index < -0.39 is 11.7 Å². The van der Waals surface area contributed by atoms with E-state index >= 15 is 0 Å². The van der Waals surface area contributed by atoms with Gasteiger partial charge in [-0.3, -0.25) is 9.59 Å². The lowest BCUT2D eigenvalue weighted by molar-refractivity contribution is -0.122. The van der Waals surface area contributed by atoms with Crippen molar-refractivity contribution in [3.05, 3.63) is 47.2 Å². The Labute approximate surface area is 160 Å². The minimum atomic E-state index is -0.566. The summed E-state index contributed by atoms with van der Waals surface area (Å²) in [6, 6.07) is 9.04. The highest BCUT2D eigenvalue weighted by atomic mass is 35.5. The number of amides is 2. The summed E-state index contributed by atoms with van der Waals surface area (Å²) >= 11 is 5.73. The molecule has 0 spiro atoms. The van der Waals surface area contributed by atoms with Crippen molar-refractivity contribution in [3.63, 3.8) is 0 Å². The van der Waals surface area contributed by atoms with E-state index in [1.54, 1.807) is 18.2 Å². The van der Waals surface area contributed by atoms with Crippen LogP contribution in [0.1, 0.15) is 6.42 Å². The van der Waals surface area contributed by atoms with Crippen LogP contribution in [0.25, 0.3) is 0 Å². The summed E-state index contributed by atoms with van der Waals surface area (Å²) in [5.74, 6) is -0.549. The van der Waals surface area contributed by atoms with Gasteiger partial charge in [-0.05, 0) is 30.3 Å². The molecule has 2 aromatic carbocycles. The predicted molar refractivity (Wildman–Crippen MR) is 100 cm³/mol. The lowest BCUT2D eigenvalue weighted by Crippen LogP contribution is -2.28. The zero-order valence-corrected chi connectivity index (χ0v) is 15.5. The Morgan fingerprint density at radius 3 is 2.67 bits per heavy atom.